The Hall–Kier alpha value is -0.750. The summed E-state index contributed by atoms with van der Waals surface area (Å²) in [6.07, 6.45) is 12.2. The van der Waals surface area contributed by atoms with Gasteiger partial charge in [-0.25, -0.2) is 0 Å². The minimum Gasteiger partial charge on any atom is -0.113 e. The Morgan fingerprint density at radius 2 is 1.40 bits per heavy atom. The van der Waals surface area contributed by atoms with Crippen molar-refractivity contribution in [3.63, 3.8) is 0 Å². The molecule has 0 amide bonds. The maximum Gasteiger partial charge on any atom is 0.0842 e. The van der Waals surface area contributed by atoms with E-state index in [1.54, 1.807) is 0 Å². The fourth-order valence-electron chi connectivity index (χ4n) is 1.03. The SMILES string of the molecule is ClC1C2=C/C=C\C=C/C=C\21. The van der Waals surface area contributed by atoms with E-state index < -0.39 is 0 Å². The average molecular weight is 151 g/mol. The average Bonchev–Trinajstić information content (AvgIpc) is 2.39. The highest BCUT2D eigenvalue weighted by atomic mass is 35.5. The maximum absolute atomic E-state index is 5.90. The molecule has 0 unspecified atom stereocenters. The molecule has 0 nitrogen and oxygen atoms in total. The maximum atomic E-state index is 5.90. The van der Waals surface area contributed by atoms with E-state index >= 15 is 0 Å². The predicted molar refractivity (Wildman–Crippen MR) is 44.1 cm³/mol. The highest BCUT2D eigenvalue weighted by Crippen LogP contribution is 2.42. The smallest absolute Gasteiger partial charge is 0.0842 e. The van der Waals surface area contributed by atoms with Gasteiger partial charge in [-0.05, 0) is 11.1 Å². The minimum absolute atomic E-state index is 0.187. The van der Waals surface area contributed by atoms with Gasteiger partial charge in [0.2, 0.25) is 0 Å². The van der Waals surface area contributed by atoms with Crippen LogP contribution in [0.1, 0.15) is 0 Å². The molecule has 0 aromatic rings. The van der Waals surface area contributed by atoms with Crippen LogP contribution in [0.4, 0.5) is 0 Å². The summed E-state index contributed by atoms with van der Waals surface area (Å²) in [7, 11) is 0. The molecule has 50 valence electrons. The van der Waals surface area contributed by atoms with Gasteiger partial charge in [0.1, 0.15) is 0 Å². The van der Waals surface area contributed by atoms with E-state index in [-0.39, 0.29) is 5.38 Å². The number of hydrogen-bond donors (Lipinski definition) is 0. The van der Waals surface area contributed by atoms with E-state index in [1.807, 2.05) is 24.3 Å². The van der Waals surface area contributed by atoms with Crippen molar-refractivity contribution in [1.29, 1.82) is 0 Å². The number of halogens is 1. The summed E-state index contributed by atoms with van der Waals surface area (Å²) in [6.45, 7) is 0. The second-order valence-corrected chi connectivity index (χ2v) is 2.81. The van der Waals surface area contributed by atoms with Gasteiger partial charge in [0.25, 0.3) is 0 Å². The van der Waals surface area contributed by atoms with E-state index in [9.17, 15) is 0 Å². The highest BCUT2D eigenvalue weighted by Gasteiger charge is 2.33. The molecule has 1 heteroatoms. The molecule has 0 aromatic carbocycles. The summed E-state index contributed by atoms with van der Waals surface area (Å²) in [5.74, 6) is 0. The summed E-state index contributed by atoms with van der Waals surface area (Å²) in [6, 6.07) is 0. The van der Waals surface area contributed by atoms with Crippen LogP contribution in [0, 0.1) is 0 Å². The van der Waals surface area contributed by atoms with Crippen LogP contribution in [0.3, 0.4) is 0 Å². The number of fused-ring (bicyclic) bond motifs is 1. The number of allylic oxidation sites excluding steroid dienone is 8. The molecule has 2 aliphatic rings. The molecular weight excluding hydrogens is 144 g/mol. The first-order valence-corrected chi connectivity index (χ1v) is 3.73. The van der Waals surface area contributed by atoms with Crippen LogP contribution >= 0.6 is 11.6 Å². The fourth-order valence-corrected chi connectivity index (χ4v) is 1.37. The van der Waals surface area contributed by atoms with E-state index in [0.717, 1.165) is 0 Å². The summed E-state index contributed by atoms with van der Waals surface area (Å²) in [4.78, 5) is 0. The summed E-state index contributed by atoms with van der Waals surface area (Å²) >= 11 is 5.90. The van der Waals surface area contributed by atoms with Crippen molar-refractivity contribution < 1.29 is 0 Å². The van der Waals surface area contributed by atoms with Crippen LogP contribution in [0.5, 0.6) is 0 Å². The van der Waals surface area contributed by atoms with Gasteiger partial charge >= 0.3 is 0 Å². The van der Waals surface area contributed by atoms with Gasteiger partial charge < -0.3 is 0 Å². The first-order chi connectivity index (χ1) is 4.89. The molecule has 0 N–H and O–H groups in total. The Kier molecular flexibility index (Phi) is 1.28. The van der Waals surface area contributed by atoms with Crippen molar-refractivity contribution in [3.8, 4) is 0 Å². The Labute approximate surface area is 65.2 Å². The Balaban J connectivity index is 2.38. The zero-order valence-electron chi connectivity index (χ0n) is 5.42. The standard InChI is InChI=1S/C9H7Cl/c10-9-7-5-3-1-2-4-6-8(7)9/h1-6,9H/b2-1?,3-1-,4-2-,5-3?,6-4?,7-5+,8-6+. The van der Waals surface area contributed by atoms with Crippen LogP contribution in [-0.4, -0.2) is 5.38 Å². The zero-order valence-corrected chi connectivity index (χ0v) is 6.18. The second-order valence-electron chi connectivity index (χ2n) is 2.38. The van der Waals surface area contributed by atoms with Gasteiger partial charge in [0, 0.05) is 0 Å². The lowest BCUT2D eigenvalue weighted by Gasteiger charge is -1.76. The molecule has 1 fully saturated rings. The van der Waals surface area contributed by atoms with Crippen LogP contribution in [-0.2, 0) is 0 Å². The highest BCUT2D eigenvalue weighted by molar-refractivity contribution is 6.29. The minimum atomic E-state index is 0.187. The van der Waals surface area contributed by atoms with E-state index in [1.165, 1.54) is 11.1 Å². The van der Waals surface area contributed by atoms with Gasteiger partial charge in [0.05, 0.1) is 5.38 Å². The molecule has 2 aliphatic carbocycles. The molecule has 0 saturated heterocycles. The lowest BCUT2D eigenvalue weighted by atomic mass is 10.3. The molecule has 0 heterocycles. The van der Waals surface area contributed by atoms with Crippen molar-refractivity contribution in [2.45, 2.75) is 5.38 Å². The summed E-state index contributed by atoms with van der Waals surface area (Å²) in [5, 5.41) is 0.187. The first-order valence-electron chi connectivity index (χ1n) is 3.29. The molecule has 2 rings (SSSR count). The number of alkyl halides is 1. The third kappa shape index (κ3) is 0.850. The lowest BCUT2D eigenvalue weighted by Crippen LogP contribution is -1.55. The Morgan fingerprint density at radius 3 is 1.90 bits per heavy atom. The van der Waals surface area contributed by atoms with Crippen molar-refractivity contribution in [2.24, 2.45) is 0 Å². The number of hydrogen-bond acceptors (Lipinski definition) is 0. The van der Waals surface area contributed by atoms with Gasteiger partial charge in [0.15, 0.2) is 0 Å². The largest absolute Gasteiger partial charge is 0.113 e. The quantitative estimate of drug-likeness (QED) is 0.466. The van der Waals surface area contributed by atoms with Crippen molar-refractivity contribution in [2.75, 3.05) is 0 Å². The van der Waals surface area contributed by atoms with E-state index in [0.29, 0.717) is 0 Å². The van der Waals surface area contributed by atoms with Gasteiger partial charge in [-0.2, -0.15) is 0 Å². The fraction of sp³-hybridized carbons (Fsp3) is 0.111. The predicted octanol–water partition coefficient (Wildman–Crippen LogP) is 2.59. The number of rotatable bonds is 0. The second kappa shape index (κ2) is 2.14. The zero-order chi connectivity index (χ0) is 6.97. The van der Waals surface area contributed by atoms with Gasteiger partial charge in [-0.15, -0.1) is 11.6 Å². The monoisotopic (exact) mass is 150 g/mol. The van der Waals surface area contributed by atoms with E-state index in [4.69, 9.17) is 11.6 Å². The molecule has 10 heavy (non-hydrogen) atoms. The normalized spacial score (nSPS) is 44.7. The third-order valence-electron chi connectivity index (χ3n) is 1.68. The molecule has 0 atom stereocenters. The Bertz CT molecular complexity index is 238. The summed E-state index contributed by atoms with van der Waals surface area (Å²) in [5.41, 5.74) is 2.53. The van der Waals surface area contributed by atoms with Crippen molar-refractivity contribution in [3.05, 3.63) is 47.6 Å². The lowest BCUT2D eigenvalue weighted by molar-refractivity contribution is 1.67. The van der Waals surface area contributed by atoms with Crippen molar-refractivity contribution in [1.82, 2.24) is 0 Å². The molecule has 0 spiro atoms. The van der Waals surface area contributed by atoms with Gasteiger partial charge in [-0.3, -0.25) is 0 Å². The van der Waals surface area contributed by atoms with Crippen LogP contribution in [0.25, 0.3) is 0 Å². The van der Waals surface area contributed by atoms with Crippen LogP contribution in [0.15, 0.2) is 47.6 Å². The molecule has 0 aromatic heterocycles. The Morgan fingerprint density at radius 1 is 0.900 bits per heavy atom. The molecule has 1 saturated carbocycles. The van der Waals surface area contributed by atoms with Crippen LogP contribution in [0.2, 0.25) is 0 Å². The topological polar surface area (TPSA) is 0 Å². The molecular formula is C9H7Cl. The molecule has 0 aliphatic heterocycles. The molecule has 0 radical (unpaired) electrons. The molecule has 0 bridgehead atoms. The first kappa shape index (κ1) is 5.99. The van der Waals surface area contributed by atoms with Crippen LogP contribution < -0.4 is 0 Å². The third-order valence-corrected chi connectivity index (χ3v) is 2.15. The van der Waals surface area contributed by atoms with E-state index in [2.05, 4.69) is 12.2 Å². The van der Waals surface area contributed by atoms with Gasteiger partial charge in [-0.1, -0.05) is 36.5 Å². The summed E-state index contributed by atoms with van der Waals surface area (Å²) < 4.78 is 0. The van der Waals surface area contributed by atoms with Crippen molar-refractivity contribution >= 4 is 11.6 Å².